The Kier molecular flexibility index (Phi) is 8.34. The molecule has 3 nitrogen and oxygen atoms in total. The second-order valence-electron chi connectivity index (χ2n) is 5.12. The molecule has 1 fully saturated rings. The maximum absolute atomic E-state index is 5.33. The van der Waals surface area contributed by atoms with Crippen molar-refractivity contribution in [2.75, 3.05) is 26.2 Å². The Hall–Kier alpha value is -0.350. The summed E-state index contributed by atoms with van der Waals surface area (Å²) in [5.41, 5.74) is 0. The van der Waals surface area contributed by atoms with Crippen LogP contribution in [0, 0.1) is 0 Å². The minimum Gasteiger partial charge on any atom is -0.363 e. The Morgan fingerprint density at radius 2 is 1.83 bits per heavy atom. The van der Waals surface area contributed by atoms with Crippen LogP contribution in [-0.4, -0.2) is 42.2 Å². The van der Waals surface area contributed by atoms with Crippen molar-refractivity contribution in [3.63, 3.8) is 0 Å². The average molecular weight is 271 g/mol. The number of hydrogen-bond acceptors (Lipinski definition) is 2. The highest BCUT2D eigenvalue weighted by Gasteiger charge is 2.13. The van der Waals surface area contributed by atoms with Gasteiger partial charge in [0.25, 0.3) is 0 Å². The van der Waals surface area contributed by atoms with Crippen LogP contribution >= 0.6 is 12.2 Å². The minimum absolute atomic E-state index is 0.613. The molecule has 106 valence electrons. The molecule has 0 atom stereocenters. The van der Waals surface area contributed by atoms with Gasteiger partial charge in [0.05, 0.1) is 0 Å². The third-order valence-electron chi connectivity index (χ3n) is 3.77. The molecule has 0 spiro atoms. The largest absolute Gasteiger partial charge is 0.363 e. The predicted molar refractivity (Wildman–Crippen MR) is 83.0 cm³/mol. The Balaban J connectivity index is 2.02. The summed E-state index contributed by atoms with van der Waals surface area (Å²) in [6.45, 7) is 8.85. The molecule has 0 aromatic rings. The highest BCUT2D eigenvalue weighted by Crippen LogP contribution is 2.17. The summed E-state index contributed by atoms with van der Waals surface area (Å²) in [4.78, 5) is 2.44. The van der Waals surface area contributed by atoms with E-state index in [0.717, 1.165) is 37.7 Å². The van der Waals surface area contributed by atoms with Crippen molar-refractivity contribution in [3.05, 3.63) is 0 Å². The molecule has 0 unspecified atom stereocenters. The lowest BCUT2D eigenvalue weighted by Crippen LogP contribution is -2.43. The van der Waals surface area contributed by atoms with E-state index in [-0.39, 0.29) is 0 Å². The first-order chi connectivity index (χ1) is 8.76. The summed E-state index contributed by atoms with van der Waals surface area (Å²) in [5, 5.41) is 7.62. The second kappa shape index (κ2) is 9.56. The zero-order chi connectivity index (χ0) is 13.2. The van der Waals surface area contributed by atoms with Gasteiger partial charge in [0, 0.05) is 12.6 Å². The van der Waals surface area contributed by atoms with E-state index in [0.29, 0.717) is 6.04 Å². The van der Waals surface area contributed by atoms with Crippen molar-refractivity contribution in [1.82, 2.24) is 15.5 Å². The van der Waals surface area contributed by atoms with Crippen molar-refractivity contribution in [2.24, 2.45) is 0 Å². The van der Waals surface area contributed by atoms with Crippen molar-refractivity contribution in [3.8, 4) is 0 Å². The van der Waals surface area contributed by atoms with Crippen molar-refractivity contribution < 1.29 is 0 Å². The molecule has 0 amide bonds. The maximum Gasteiger partial charge on any atom is 0.166 e. The van der Waals surface area contributed by atoms with Crippen molar-refractivity contribution in [2.45, 2.75) is 58.4 Å². The van der Waals surface area contributed by atoms with Gasteiger partial charge < -0.3 is 15.5 Å². The Labute approximate surface area is 118 Å². The smallest absolute Gasteiger partial charge is 0.166 e. The molecule has 0 aliphatic heterocycles. The lowest BCUT2D eigenvalue weighted by molar-refractivity contribution is 0.300. The molecule has 0 radical (unpaired) electrons. The molecular weight excluding hydrogens is 242 g/mol. The van der Waals surface area contributed by atoms with Crippen LogP contribution in [0.3, 0.4) is 0 Å². The van der Waals surface area contributed by atoms with Gasteiger partial charge in [-0.3, -0.25) is 0 Å². The Morgan fingerprint density at radius 3 is 2.44 bits per heavy atom. The molecule has 2 N–H and O–H groups in total. The van der Waals surface area contributed by atoms with Crippen molar-refractivity contribution >= 4 is 17.3 Å². The Morgan fingerprint density at radius 1 is 1.17 bits per heavy atom. The number of nitrogens with zero attached hydrogens (tertiary/aromatic N) is 1. The summed E-state index contributed by atoms with van der Waals surface area (Å²) >= 11 is 5.33. The van der Waals surface area contributed by atoms with Gasteiger partial charge in [-0.05, 0) is 51.1 Å². The standard InChI is InChI=1S/C14H29N3S/c1-3-17(4-2)12-8-11-15-14(18)16-13-9-6-5-7-10-13/h13H,3-12H2,1-2H3,(H2,15,16,18). The van der Waals surface area contributed by atoms with Gasteiger partial charge in [-0.25, -0.2) is 0 Å². The summed E-state index contributed by atoms with van der Waals surface area (Å²) in [5.74, 6) is 0. The summed E-state index contributed by atoms with van der Waals surface area (Å²) < 4.78 is 0. The van der Waals surface area contributed by atoms with Crippen LogP contribution in [0.5, 0.6) is 0 Å². The average Bonchev–Trinajstić information content (AvgIpc) is 2.40. The molecule has 0 aromatic heterocycles. The van der Waals surface area contributed by atoms with E-state index in [2.05, 4.69) is 29.4 Å². The molecule has 1 rings (SSSR count). The molecular formula is C14H29N3S. The minimum atomic E-state index is 0.613. The fourth-order valence-electron chi connectivity index (χ4n) is 2.53. The first kappa shape index (κ1) is 15.7. The topological polar surface area (TPSA) is 27.3 Å². The fraction of sp³-hybridized carbons (Fsp3) is 0.929. The Bertz CT molecular complexity index is 223. The van der Waals surface area contributed by atoms with Gasteiger partial charge in [0.2, 0.25) is 0 Å². The normalized spacial score (nSPS) is 16.8. The molecule has 4 heteroatoms. The van der Waals surface area contributed by atoms with Gasteiger partial charge in [0.15, 0.2) is 5.11 Å². The molecule has 1 saturated carbocycles. The molecule has 1 aliphatic rings. The third kappa shape index (κ3) is 6.55. The molecule has 0 heterocycles. The molecule has 0 bridgehead atoms. The van der Waals surface area contributed by atoms with Crippen LogP contribution < -0.4 is 10.6 Å². The van der Waals surface area contributed by atoms with Gasteiger partial charge in [-0.1, -0.05) is 33.1 Å². The molecule has 1 aliphatic carbocycles. The molecule has 0 aromatic carbocycles. The fourth-order valence-corrected chi connectivity index (χ4v) is 2.80. The first-order valence-corrected chi connectivity index (χ1v) is 7.93. The van der Waals surface area contributed by atoms with Gasteiger partial charge in [-0.2, -0.15) is 0 Å². The molecule has 18 heavy (non-hydrogen) atoms. The second-order valence-corrected chi connectivity index (χ2v) is 5.52. The first-order valence-electron chi connectivity index (χ1n) is 7.53. The summed E-state index contributed by atoms with van der Waals surface area (Å²) in [7, 11) is 0. The van der Waals surface area contributed by atoms with E-state index in [1.165, 1.54) is 32.1 Å². The lowest BCUT2D eigenvalue weighted by Gasteiger charge is -2.24. The monoisotopic (exact) mass is 271 g/mol. The molecule has 0 saturated heterocycles. The van der Waals surface area contributed by atoms with E-state index in [4.69, 9.17) is 12.2 Å². The van der Waals surface area contributed by atoms with Gasteiger partial charge in [0.1, 0.15) is 0 Å². The third-order valence-corrected chi connectivity index (χ3v) is 4.03. The van der Waals surface area contributed by atoms with Crippen LogP contribution in [0.4, 0.5) is 0 Å². The predicted octanol–water partition coefficient (Wildman–Crippen LogP) is 2.52. The summed E-state index contributed by atoms with van der Waals surface area (Å²) in [6, 6.07) is 0.613. The number of hydrogen-bond donors (Lipinski definition) is 2. The van der Waals surface area contributed by atoms with Gasteiger partial charge in [-0.15, -0.1) is 0 Å². The van der Waals surface area contributed by atoms with E-state index in [1.54, 1.807) is 0 Å². The SMILES string of the molecule is CCN(CC)CCCNC(=S)NC1CCCCC1. The van der Waals surface area contributed by atoms with Crippen LogP contribution in [0.15, 0.2) is 0 Å². The van der Waals surface area contributed by atoms with Gasteiger partial charge >= 0.3 is 0 Å². The quantitative estimate of drug-likeness (QED) is 0.549. The summed E-state index contributed by atoms with van der Waals surface area (Å²) in [6.07, 6.45) is 7.81. The number of nitrogens with one attached hydrogen (secondary N) is 2. The van der Waals surface area contributed by atoms with Crippen LogP contribution in [0.25, 0.3) is 0 Å². The number of thiocarbonyl (C=S) groups is 1. The highest BCUT2D eigenvalue weighted by atomic mass is 32.1. The van der Waals surface area contributed by atoms with E-state index >= 15 is 0 Å². The zero-order valence-corrected chi connectivity index (χ0v) is 12.8. The van der Waals surface area contributed by atoms with Crippen LogP contribution in [0.2, 0.25) is 0 Å². The zero-order valence-electron chi connectivity index (χ0n) is 12.0. The van der Waals surface area contributed by atoms with Crippen LogP contribution in [0.1, 0.15) is 52.4 Å². The highest BCUT2D eigenvalue weighted by molar-refractivity contribution is 7.80. The lowest BCUT2D eigenvalue weighted by atomic mass is 9.96. The maximum atomic E-state index is 5.33. The van der Waals surface area contributed by atoms with Crippen molar-refractivity contribution in [1.29, 1.82) is 0 Å². The van der Waals surface area contributed by atoms with Crippen LogP contribution in [-0.2, 0) is 0 Å². The van der Waals surface area contributed by atoms with E-state index < -0.39 is 0 Å². The van der Waals surface area contributed by atoms with E-state index in [9.17, 15) is 0 Å². The number of rotatable bonds is 7. The van der Waals surface area contributed by atoms with E-state index in [1.807, 2.05) is 0 Å².